The van der Waals surface area contributed by atoms with E-state index in [0.717, 1.165) is 18.8 Å². The second-order valence-electron chi connectivity index (χ2n) is 6.93. The Bertz CT molecular complexity index is 743. The number of halogens is 1. The summed E-state index contributed by atoms with van der Waals surface area (Å²) >= 11 is 5.86. The summed E-state index contributed by atoms with van der Waals surface area (Å²) in [5, 5.41) is 3.67. The van der Waals surface area contributed by atoms with E-state index in [9.17, 15) is 4.79 Å². The van der Waals surface area contributed by atoms with Gasteiger partial charge in [0.1, 0.15) is 11.5 Å². The van der Waals surface area contributed by atoms with Crippen LogP contribution in [0.2, 0.25) is 5.02 Å². The minimum Gasteiger partial charge on any atom is -0.497 e. The second-order valence-corrected chi connectivity index (χ2v) is 7.37. The molecule has 150 valence electrons. The molecule has 2 aromatic carbocycles. The highest BCUT2D eigenvalue weighted by molar-refractivity contribution is 6.30. The summed E-state index contributed by atoms with van der Waals surface area (Å²) in [7, 11) is 1.66. The predicted molar refractivity (Wildman–Crippen MR) is 111 cm³/mol. The number of hydrogen-bond donors (Lipinski definition) is 1. The Morgan fingerprint density at radius 3 is 2.32 bits per heavy atom. The quantitative estimate of drug-likeness (QED) is 0.723. The minimum absolute atomic E-state index is 0.0169. The van der Waals surface area contributed by atoms with Gasteiger partial charge in [0.25, 0.3) is 5.91 Å². The lowest BCUT2D eigenvalue weighted by molar-refractivity contribution is -0.123. The molecule has 0 aliphatic carbocycles. The van der Waals surface area contributed by atoms with Crippen LogP contribution < -0.4 is 14.8 Å². The van der Waals surface area contributed by atoms with Crippen molar-refractivity contribution in [2.45, 2.75) is 25.3 Å². The number of piperidine rings is 1. The summed E-state index contributed by atoms with van der Waals surface area (Å²) in [6, 6.07) is 15.2. The molecular formula is C22H27ClN2O3. The van der Waals surface area contributed by atoms with Crippen molar-refractivity contribution in [3.8, 4) is 11.5 Å². The Balaban J connectivity index is 1.58. The molecule has 2 aromatic rings. The fourth-order valence-corrected chi connectivity index (χ4v) is 3.58. The van der Waals surface area contributed by atoms with Crippen molar-refractivity contribution in [2.75, 3.05) is 33.4 Å². The first kappa shape index (κ1) is 20.5. The maximum atomic E-state index is 12.3. The van der Waals surface area contributed by atoms with E-state index >= 15 is 0 Å². The van der Waals surface area contributed by atoms with E-state index in [4.69, 9.17) is 21.1 Å². The number of ether oxygens (including phenoxy) is 2. The number of hydrogen-bond acceptors (Lipinski definition) is 4. The van der Waals surface area contributed by atoms with Crippen molar-refractivity contribution < 1.29 is 14.3 Å². The Morgan fingerprint density at radius 2 is 1.68 bits per heavy atom. The van der Waals surface area contributed by atoms with Gasteiger partial charge in [0.05, 0.1) is 13.2 Å². The lowest BCUT2D eigenvalue weighted by atomic mass is 10.0. The first-order chi connectivity index (χ1) is 13.7. The van der Waals surface area contributed by atoms with E-state index in [-0.39, 0.29) is 18.6 Å². The van der Waals surface area contributed by atoms with Crippen LogP contribution in [-0.4, -0.2) is 44.2 Å². The summed E-state index contributed by atoms with van der Waals surface area (Å²) in [6.45, 7) is 2.63. The van der Waals surface area contributed by atoms with Crippen LogP contribution in [0.3, 0.4) is 0 Å². The fraction of sp³-hybridized carbons (Fsp3) is 0.409. The molecular weight excluding hydrogens is 376 g/mol. The van der Waals surface area contributed by atoms with Crippen LogP contribution in [0, 0.1) is 0 Å². The third-order valence-corrected chi connectivity index (χ3v) is 5.26. The van der Waals surface area contributed by atoms with Gasteiger partial charge in [-0.3, -0.25) is 9.69 Å². The molecule has 1 atom stereocenters. The number of likely N-dealkylation sites (tertiary alicyclic amines) is 1. The Hall–Kier alpha value is -2.24. The molecule has 0 radical (unpaired) electrons. The number of nitrogens with zero attached hydrogens (tertiary/aromatic N) is 1. The van der Waals surface area contributed by atoms with Crippen molar-refractivity contribution in [1.29, 1.82) is 0 Å². The normalized spacial score (nSPS) is 15.6. The number of methoxy groups -OCH3 is 1. The topological polar surface area (TPSA) is 50.8 Å². The maximum absolute atomic E-state index is 12.3. The van der Waals surface area contributed by atoms with E-state index in [1.807, 2.05) is 12.1 Å². The van der Waals surface area contributed by atoms with Crippen molar-refractivity contribution >= 4 is 17.5 Å². The smallest absolute Gasteiger partial charge is 0.258 e. The highest BCUT2D eigenvalue weighted by atomic mass is 35.5. The fourth-order valence-electron chi connectivity index (χ4n) is 3.46. The van der Waals surface area contributed by atoms with Crippen molar-refractivity contribution in [1.82, 2.24) is 10.2 Å². The molecule has 1 amide bonds. The summed E-state index contributed by atoms with van der Waals surface area (Å²) in [5.41, 5.74) is 1.18. The zero-order valence-electron chi connectivity index (χ0n) is 16.2. The van der Waals surface area contributed by atoms with Gasteiger partial charge >= 0.3 is 0 Å². The molecule has 1 saturated heterocycles. The summed E-state index contributed by atoms with van der Waals surface area (Å²) < 4.78 is 10.8. The molecule has 1 unspecified atom stereocenters. The van der Waals surface area contributed by atoms with E-state index in [1.54, 1.807) is 31.4 Å². The van der Waals surface area contributed by atoms with Crippen molar-refractivity contribution in [2.24, 2.45) is 0 Å². The van der Waals surface area contributed by atoms with Crippen LogP contribution in [-0.2, 0) is 4.79 Å². The van der Waals surface area contributed by atoms with Crippen molar-refractivity contribution in [3.63, 3.8) is 0 Å². The average Bonchev–Trinajstić information content (AvgIpc) is 2.74. The van der Waals surface area contributed by atoms with Gasteiger partial charge in [0, 0.05) is 11.6 Å². The van der Waals surface area contributed by atoms with Gasteiger partial charge in [-0.1, -0.05) is 30.2 Å². The summed E-state index contributed by atoms with van der Waals surface area (Å²) in [5.74, 6) is 1.33. The second kappa shape index (κ2) is 10.3. The number of nitrogens with one attached hydrogen (secondary N) is 1. The zero-order chi connectivity index (χ0) is 19.8. The van der Waals surface area contributed by atoms with Gasteiger partial charge in [-0.05, 0) is 67.9 Å². The van der Waals surface area contributed by atoms with E-state index in [0.29, 0.717) is 17.3 Å². The van der Waals surface area contributed by atoms with Crippen LogP contribution in [0.5, 0.6) is 11.5 Å². The summed E-state index contributed by atoms with van der Waals surface area (Å²) in [6.07, 6.45) is 3.66. The van der Waals surface area contributed by atoms with Gasteiger partial charge in [0.2, 0.25) is 0 Å². The van der Waals surface area contributed by atoms with Gasteiger partial charge in [-0.25, -0.2) is 0 Å². The number of rotatable bonds is 8. The van der Waals surface area contributed by atoms with E-state index in [1.165, 1.54) is 24.8 Å². The van der Waals surface area contributed by atoms with Crippen LogP contribution in [0.4, 0.5) is 0 Å². The van der Waals surface area contributed by atoms with Crippen molar-refractivity contribution in [3.05, 3.63) is 59.1 Å². The van der Waals surface area contributed by atoms with Gasteiger partial charge in [-0.15, -0.1) is 0 Å². The molecule has 28 heavy (non-hydrogen) atoms. The molecule has 1 fully saturated rings. The molecule has 0 saturated carbocycles. The third-order valence-electron chi connectivity index (χ3n) is 5.01. The van der Waals surface area contributed by atoms with Gasteiger partial charge in [0.15, 0.2) is 6.61 Å². The molecule has 1 aliphatic heterocycles. The van der Waals surface area contributed by atoms with Crippen LogP contribution in [0.15, 0.2) is 48.5 Å². The molecule has 1 heterocycles. The molecule has 1 aliphatic rings. The van der Waals surface area contributed by atoms with Crippen LogP contribution in [0.25, 0.3) is 0 Å². The zero-order valence-corrected chi connectivity index (χ0v) is 17.0. The predicted octanol–water partition coefficient (Wildman–Crippen LogP) is 4.07. The molecule has 1 N–H and O–H groups in total. The highest BCUT2D eigenvalue weighted by Gasteiger charge is 2.23. The maximum Gasteiger partial charge on any atom is 0.258 e. The average molecular weight is 403 g/mol. The molecule has 0 aromatic heterocycles. The first-order valence-corrected chi connectivity index (χ1v) is 10.1. The number of carbonyl (C=O) groups is 1. The lowest BCUT2D eigenvalue weighted by Gasteiger charge is -2.35. The minimum atomic E-state index is -0.134. The largest absolute Gasteiger partial charge is 0.497 e. The SMILES string of the molecule is COc1ccc(C(CNC(=O)COc2ccc(Cl)cc2)N2CCCCC2)cc1. The van der Waals surface area contributed by atoms with E-state index < -0.39 is 0 Å². The Kier molecular flexibility index (Phi) is 7.57. The van der Waals surface area contributed by atoms with Gasteiger partial charge in [-0.2, -0.15) is 0 Å². The molecule has 3 rings (SSSR count). The number of carbonyl (C=O) groups excluding carboxylic acids is 1. The third kappa shape index (κ3) is 5.88. The number of amides is 1. The number of benzene rings is 2. The Morgan fingerprint density at radius 1 is 1.04 bits per heavy atom. The first-order valence-electron chi connectivity index (χ1n) is 9.69. The monoisotopic (exact) mass is 402 g/mol. The van der Waals surface area contributed by atoms with Gasteiger partial charge < -0.3 is 14.8 Å². The summed E-state index contributed by atoms with van der Waals surface area (Å²) in [4.78, 5) is 14.8. The van der Waals surface area contributed by atoms with Crippen LogP contribution >= 0.6 is 11.6 Å². The van der Waals surface area contributed by atoms with Crippen LogP contribution in [0.1, 0.15) is 30.9 Å². The lowest BCUT2D eigenvalue weighted by Crippen LogP contribution is -2.41. The van der Waals surface area contributed by atoms with E-state index in [2.05, 4.69) is 22.3 Å². The molecule has 0 spiro atoms. The standard InChI is InChI=1S/C22H27ClN2O3/c1-27-19-9-5-17(6-10-19)21(25-13-3-2-4-14-25)15-24-22(26)16-28-20-11-7-18(23)8-12-20/h5-12,21H,2-4,13-16H2,1H3,(H,24,26). The Labute approximate surface area is 171 Å². The molecule has 0 bridgehead atoms. The highest BCUT2D eigenvalue weighted by Crippen LogP contribution is 2.26. The molecule has 6 heteroatoms. The molecule has 5 nitrogen and oxygen atoms in total.